The molecule has 152 valence electrons. The maximum Gasteiger partial charge on any atom is 0.317 e. The number of aromatic nitrogens is 3. The summed E-state index contributed by atoms with van der Waals surface area (Å²) in [5, 5.41) is 11.3. The van der Waals surface area contributed by atoms with Gasteiger partial charge in [-0.1, -0.05) is 23.4 Å². The first-order chi connectivity index (χ1) is 14.2. The fraction of sp³-hybridized carbons (Fsp3) is 0.381. The molecule has 3 heterocycles. The van der Waals surface area contributed by atoms with Gasteiger partial charge in [-0.05, 0) is 31.0 Å². The van der Waals surface area contributed by atoms with Crippen LogP contribution >= 0.6 is 0 Å². The molecule has 0 radical (unpaired) electrons. The van der Waals surface area contributed by atoms with Crippen LogP contribution in [0.25, 0.3) is 5.69 Å². The molecule has 0 unspecified atom stereocenters. The standard InChI is InChI=1S/C21H26N6O2/c1-17-13-20(29-24-17)16-25-9-11-26(12-10-25)21(28)22-8-7-18-14-23-27(15-18)19-5-3-2-4-6-19/h2-6,13-15H,7-12,16H2,1H3,(H,22,28). The van der Waals surface area contributed by atoms with Crippen LogP contribution in [0.2, 0.25) is 0 Å². The number of nitrogens with zero attached hydrogens (tertiary/aromatic N) is 5. The quantitative estimate of drug-likeness (QED) is 0.694. The van der Waals surface area contributed by atoms with Crippen molar-refractivity contribution in [2.75, 3.05) is 32.7 Å². The first-order valence-electron chi connectivity index (χ1n) is 9.94. The Morgan fingerprint density at radius 2 is 1.97 bits per heavy atom. The zero-order chi connectivity index (χ0) is 20.1. The molecule has 0 bridgehead atoms. The highest BCUT2D eigenvalue weighted by Crippen LogP contribution is 2.10. The number of benzene rings is 1. The maximum absolute atomic E-state index is 12.4. The van der Waals surface area contributed by atoms with Gasteiger partial charge in [0.2, 0.25) is 0 Å². The van der Waals surface area contributed by atoms with Crippen molar-refractivity contribution in [3.05, 3.63) is 65.8 Å². The number of hydrogen-bond donors (Lipinski definition) is 1. The van der Waals surface area contributed by atoms with E-state index in [0.29, 0.717) is 19.6 Å². The summed E-state index contributed by atoms with van der Waals surface area (Å²) < 4.78 is 7.13. The third-order valence-corrected chi connectivity index (χ3v) is 5.06. The largest absolute Gasteiger partial charge is 0.360 e. The molecule has 8 nitrogen and oxygen atoms in total. The molecule has 4 rings (SSSR count). The van der Waals surface area contributed by atoms with Crippen molar-refractivity contribution in [3.8, 4) is 5.69 Å². The Kier molecular flexibility index (Phi) is 5.90. The van der Waals surface area contributed by atoms with E-state index >= 15 is 0 Å². The highest BCUT2D eigenvalue weighted by molar-refractivity contribution is 5.74. The van der Waals surface area contributed by atoms with Crippen LogP contribution in [0.15, 0.2) is 53.3 Å². The second-order valence-electron chi connectivity index (χ2n) is 7.31. The molecule has 1 saturated heterocycles. The topological polar surface area (TPSA) is 79.4 Å². The SMILES string of the molecule is Cc1cc(CN2CCN(C(=O)NCCc3cnn(-c4ccccc4)c3)CC2)on1. The monoisotopic (exact) mass is 394 g/mol. The molecular weight excluding hydrogens is 368 g/mol. The third-order valence-electron chi connectivity index (χ3n) is 5.06. The Hall–Kier alpha value is -3.13. The number of urea groups is 1. The molecule has 1 N–H and O–H groups in total. The average molecular weight is 394 g/mol. The second-order valence-corrected chi connectivity index (χ2v) is 7.31. The van der Waals surface area contributed by atoms with Crippen LogP contribution in [0, 0.1) is 6.92 Å². The van der Waals surface area contributed by atoms with E-state index in [0.717, 1.165) is 48.8 Å². The van der Waals surface area contributed by atoms with E-state index in [1.165, 1.54) is 0 Å². The van der Waals surface area contributed by atoms with Crippen molar-refractivity contribution in [2.45, 2.75) is 19.9 Å². The molecule has 0 atom stereocenters. The van der Waals surface area contributed by atoms with Gasteiger partial charge in [0, 0.05) is 45.0 Å². The van der Waals surface area contributed by atoms with Gasteiger partial charge in [0.25, 0.3) is 0 Å². The first-order valence-corrected chi connectivity index (χ1v) is 9.94. The normalized spacial score (nSPS) is 14.9. The van der Waals surface area contributed by atoms with Crippen molar-refractivity contribution in [1.29, 1.82) is 0 Å². The Balaban J connectivity index is 1.18. The zero-order valence-electron chi connectivity index (χ0n) is 16.6. The lowest BCUT2D eigenvalue weighted by Crippen LogP contribution is -2.51. The van der Waals surface area contributed by atoms with E-state index in [9.17, 15) is 4.79 Å². The Labute approximate surface area is 170 Å². The minimum absolute atomic E-state index is 0.00406. The van der Waals surface area contributed by atoms with E-state index in [2.05, 4.69) is 20.5 Å². The lowest BCUT2D eigenvalue weighted by atomic mass is 10.2. The summed E-state index contributed by atoms with van der Waals surface area (Å²) in [6.07, 6.45) is 4.61. The molecule has 1 aromatic carbocycles. The molecule has 3 aromatic rings. The van der Waals surface area contributed by atoms with Gasteiger partial charge < -0.3 is 14.7 Å². The zero-order valence-corrected chi connectivity index (χ0v) is 16.6. The molecule has 2 amide bonds. The van der Waals surface area contributed by atoms with E-state index in [-0.39, 0.29) is 6.03 Å². The number of aryl methyl sites for hydroxylation is 1. The van der Waals surface area contributed by atoms with E-state index < -0.39 is 0 Å². The predicted octanol–water partition coefficient (Wildman–Crippen LogP) is 2.24. The number of carbonyl (C=O) groups is 1. The van der Waals surface area contributed by atoms with E-state index in [1.807, 2.05) is 65.3 Å². The van der Waals surface area contributed by atoms with Gasteiger partial charge in [-0.3, -0.25) is 4.90 Å². The number of rotatable bonds is 6. The summed E-state index contributed by atoms with van der Waals surface area (Å²) >= 11 is 0. The van der Waals surface area contributed by atoms with Crippen molar-refractivity contribution in [2.24, 2.45) is 0 Å². The first kappa shape index (κ1) is 19.2. The summed E-state index contributed by atoms with van der Waals surface area (Å²) in [6.45, 7) is 6.34. The number of para-hydroxylation sites is 1. The second kappa shape index (κ2) is 8.91. The smallest absolute Gasteiger partial charge is 0.317 e. The number of piperazine rings is 1. The molecular formula is C21H26N6O2. The highest BCUT2D eigenvalue weighted by Gasteiger charge is 2.21. The Bertz CT molecular complexity index is 928. The summed E-state index contributed by atoms with van der Waals surface area (Å²) in [4.78, 5) is 16.6. The van der Waals surface area contributed by atoms with Gasteiger partial charge in [0.1, 0.15) is 0 Å². The summed E-state index contributed by atoms with van der Waals surface area (Å²) in [6, 6.07) is 11.9. The van der Waals surface area contributed by atoms with Gasteiger partial charge in [0.15, 0.2) is 5.76 Å². The van der Waals surface area contributed by atoms with Gasteiger partial charge in [-0.25, -0.2) is 9.48 Å². The molecule has 1 aliphatic rings. The van der Waals surface area contributed by atoms with Gasteiger partial charge in [0.05, 0.1) is 24.1 Å². The lowest BCUT2D eigenvalue weighted by Gasteiger charge is -2.34. The van der Waals surface area contributed by atoms with Crippen molar-refractivity contribution in [3.63, 3.8) is 0 Å². The minimum atomic E-state index is -0.00406. The summed E-state index contributed by atoms with van der Waals surface area (Å²) in [5.74, 6) is 0.872. The summed E-state index contributed by atoms with van der Waals surface area (Å²) in [7, 11) is 0. The van der Waals surface area contributed by atoms with E-state index in [4.69, 9.17) is 4.52 Å². The molecule has 0 saturated carbocycles. The fourth-order valence-corrected chi connectivity index (χ4v) is 3.46. The van der Waals surface area contributed by atoms with Crippen LogP contribution < -0.4 is 5.32 Å². The minimum Gasteiger partial charge on any atom is -0.360 e. The predicted molar refractivity (Wildman–Crippen MR) is 109 cm³/mol. The Morgan fingerprint density at radius 1 is 1.17 bits per heavy atom. The number of carbonyl (C=O) groups excluding carboxylic acids is 1. The Morgan fingerprint density at radius 3 is 2.69 bits per heavy atom. The highest BCUT2D eigenvalue weighted by atomic mass is 16.5. The average Bonchev–Trinajstić information content (AvgIpc) is 3.38. The van der Waals surface area contributed by atoms with Crippen LogP contribution in [0.4, 0.5) is 4.79 Å². The van der Waals surface area contributed by atoms with Crippen molar-refractivity contribution < 1.29 is 9.32 Å². The number of nitrogens with one attached hydrogen (secondary N) is 1. The van der Waals surface area contributed by atoms with Crippen molar-refractivity contribution >= 4 is 6.03 Å². The van der Waals surface area contributed by atoms with Gasteiger partial charge >= 0.3 is 6.03 Å². The van der Waals surface area contributed by atoms with Crippen molar-refractivity contribution in [1.82, 2.24) is 30.1 Å². The van der Waals surface area contributed by atoms with E-state index in [1.54, 1.807) is 0 Å². The van der Waals surface area contributed by atoms with Crippen LogP contribution in [-0.2, 0) is 13.0 Å². The molecule has 0 aliphatic carbocycles. The van der Waals surface area contributed by atoms with Crippen LogP contribution in [-0.4, -0.2) is 63.5 Å². The molecule has 2 aromatic heterocycles. The number of hydrogen-bond acceptors (Lipinski definition) is 5. The maximum atomic E-state index is 12.4. The van der Waals surface area contributed by atoms with Crippen LogP contribution in [0.1, 0.15) is 17.0 Å². The lowest BCUT2D eigenvalue weighted by molar-refractivity contribution is 0.128. The molecule has 29 heavy (non-hydrogen) atoms. The molecule has 1 fully saturated rings. The third kappa shape index (κ3) is 5.03. The molecule has 8 heteroatoms. The van der Waals surface area contributed by atoms with Gasteiger partial charge in [-0.2, -0.15) is 5.10 Å². The number of amides is 2. The fourth-order valence-electron chi connectivity index (χ4n) is 3.46. The van der Waals surface area contributed by atoms with Crippen LogP contribution in [0.5, 0.6) is 0 Å². The molecule has 0 spiro atoms. The molecule has 1 aliphatic heterocycles. The summed E-state index contributed by atoms with van der Waals surface area (Å²) in [5.41, 5.74) is 3.02. The van der Waals surface area contributed by atoms with Crippen LogP contribution in [0.3, 0.4) is 0 Å². The van der Waals surface area contributed by atoms with Gasteiger partial charge in [-0.15, -0.1) is 0 Å².